The first-order valence-electron chi connectivity index (χ1n) is 7.46. The van der Waals surface area contributed by atoms with Crippen molar-refractivity contribution in [2.45, 2.75) is 38.6 Å². The van der Waals surface area contributed by atoms with Crippen LogP contribution in [0.15, 0.2) is 24.3 Å². The monoisotopic (exact) mass is 339 g/mol. The Balaban J connectivity index is 1.85. The Labute approximate surface area is 140 Å². The number of hydrogen-bond acceptors (Lipinski definition) is 2. The predicted molar refractivity (Wildman–Crippen MR) is 92.9 cm³/mol. The van der Waals surface area contributed by atoms with Crippen LogP contribution in [-0.2, 0) is 19.3 Å². The molecule has 0 bridgehead atoms. The second-order valence-electron chi connectivity index (χ2n) is 5.50. The number of halogens is 2. The fourth-order valence-corrected chi connectivity index (χ4v) is 4.69. The Morgan fingerprint density at radius 2 is 2.10 bits per heavy atom. The van der Waals surface area contributed by atoms with E-state index in [1.54, 1.807) is 10.4 Å². The molecule has 0 aliphatic heterocycles. The molecule has 0 amide bonds. The van der Waals surface area contributed by atoms with Crippen LogP contribution in [0.5, 0.6) is 0 Å². The molecular weight excluding hydrogens is 321 g/mol. The highest BCUT2D eigenvalue weighted by Gasteiger charge is 2.20. The molecule has 1 heterocycles. The van der Waals surface area contributed by atoms with Gasteiger partial charge < -0.3 is 5.32 Å². The topological polar surface area (TPSA) is 12.0 Å². The van der Waals surface area contributed by atoms with Crippen LogP contribution in [0.1, 0.15) is 40.3 Å². The maximum atomic E-state index is 6.32. The first-order valence-corrected chi connectivity index (χ1v) is 9.03. The molecule has 0 fully saturated rings. The maximum Gasteiger partial charge on any atom is 0.0456 e. The summed E-state index contributed by atoms with van der Waals surface area (Å²) in [5.41, 5.74) is 2.67. The van der Waals surface area contributed by atoms with Crippen LogP contribution in [0.3, 0.4) is 0 Å². The highest BCUT2D eigenvalue weighted by Crippen LogP contribution is 2.35. The van der Waals surface area contributed by atoms with Crippen molar-refractivity contribution in [2.24, 2.45) is 0 Å². The average Bonchev–Trinajstić information content (AvgIpc) is 3.03. The fraction of sp³-hybridized carbons (Fsp3) is 0.412. The summed E-state index contributed by atoms with van der Waals surface area (Å²) in [7, 11) is 0. The van der Waals surface area contributed by atoms with Crippen LogP contribution < -0.4 is 5.32 Å². The zero-order chi connectivity index (χ0) is 14.8. The van der Waals surface area contributed by atoms with Gasteiger partial charge in [-0.25, -0.2) is 0 Å². The Bertz CT molecular complexity index is 614. The van der Waals surface area contributed by atoms with Gasteiger partial charge in [0, 0.05) is 25.8 Å². The van der Waals surface area contributed by atoms with Gasteiger partial charge in [0.25, 0.3) is 0 Å². The molecule has 2 aromatic rings. The molecular formula is C17H19Cl2NS. The zero-order valence-corrected chi connectivity index (χ0v) is 14.4. The molecule has 21 heavy (non-hydrogen) atoms. The largest absolute Gasteiger partial charge is 0.309 e. The van der Waals surface area contributed by atoms with E-state index >= 15 is 0 Å². The van der Waals surface area contributed by atoms with Crippen molar-refractivity contribution in [3.05, 3.63) is 55.2 Å². The molecule has 3 rings (SSSR count). The van der Waals surface area contributed by atoms with Gasteiger partial charge in [-0.1, -0.05) is 30.1 Å². The molecule has 1 N–H and O–H groups in total. The van der Waals surface area contributed by atoms with Gasteiger partial charge in [-0.2, -0.15) is 0 Å². The minimum absolute atomic E-state index is 0.321. The van der Waals surface area contributed by atoms with Gasteiger partial charge in [-0.3, -0.25) is 0 Å². The normalized spacial score (nSPS) is 15.2. The summed E-state index contributed by atoms with van der Waals surface area (Å²) < 4.78 is 0. The molecule has 1 atom stereocenters. The summed E-state index contributed by atoms with van der Waals surface area (Å²) in [5.74, 6) is 0. The van der Waals surface area contributed by atoms with Crippen LogP contribution in [0.2, 0.25) is 10.0 Å². The summed E-state index contributed by atoms with van der Waals surface area (Å²) >= 11 is 14.4. The summed E-state index contributed by atoms with van der Waals surface area (Å²) in [6, 6.07) is 8.42. The molecule has 0 radical (unpaired) electrons. The lowest BCUT2D eigenvalue weighted by Crippen LogP contribution is -2.22. The lowest BCUT2D eigenvalue weighted by Gasteiger charge is -2.17. The van der Waals surface area contributed by atoms with E-state index < -0.39 is 0 Å². The molecule has 112 valence electrons. The first-order chi connectivity index (χ1) is 10.2. The van der Waals surface area contributed by atoms with E-state index in [4.69, 9.17) is 23.2 Å². The minimum atomic E-state index is 0.321. The van der Waals surface area contributed by atoms with Gasteiger partial charge in [0.2, 0.25) is 0 Å². The zero-order valence-electron chi connectivity index (χ0n) is 12.1. The van der Waals surface area contributed by atoms with Crippen LogP contribution in [0, 0.1) is 0 Å². The highest BCUT2D eigenvalue weighted by molar-refractivity contribution is 7.12. The van der Waals surface area contributed by atoms with E-state index in [0.29, 0.717) is 6.04 Å². The van der Waals surface area contributed by atoms with Gasteiger partial charge in [-0.05, 0) is 67.6 Å². The molecule has 0 spiro atoms. The van der Waals surface area contributed by atoms with Gasteiger partial charge >= 0.3 is 0 Å². The Kier molecular flexibility index (Phi) is 4.90. The molecule has 1 aliphatic carbocycles. The van der Waals surface area contributed by atoms with Gasteiger partial charge in [0.05, 0.1) is 0 Å². The summed E-state index contributed by atoms with van der Waals surface area (Å²) in [6.07, 6.45) is 4.68. The SMILES string of the molecule is CCNC(Cc1cc(Cl)ccc1Cl)c1cc2c(s1)CCC2. The number of likely N-dealkylation sites (N-methyl/N-ethyl adjacent to an activating group) is 1. The lowest BCUT2D eigenvalue weighted by atomic mass is 10.0. The highest BCUT2D eigenvalue weighted by atomic mass is 35.5. The average molecular weight is 340 g/mol. The van der Waals surface area contributed by atoms with Crippen molar-refractivity contribution in [1.29, 1.82) is 0 Å². The molecule has 0 saturated carbocycles. The third kappa shape index (κ3) is 3.45. The maximum absolute atomic E-state index is 6.32. The standard InChI is InChI=1S/C17H19Cl2NS/c1-2-20-15(9-12-8-13(18)6-7-14(12)19)17-10-11-4-3-5-16(11)21-17/h6-8,10,15,20H,2-5,9H2,1H3. The third-order valence-corrected chi connectivity index (χ3v) is 5.95. The number of hydrogen-bond donors (Lipinski definition) is 1. The number of fused-ring (bicyclic) bond motifs is 1. The lowest BCUT2D eigenvalue weighted by molar-refractivity contribution is 0.558. The number of aryl methyl sites for hydroxylation is 2. The van der Waals surface area contributed by atoms with Crippen molar-refractivity contribution in [1.82, 2.24) is 5.32 Å². The molecule has 1 unspecified atom stereocenters. The van der Waals surface area contributed by atoms with Crippen LogP contribution in [-0.4, -0.2) is 6.54 Å². The molecule has 1 aromatic carbocycles. The van der Waals surface area contributed by atoms with Crippen molar-refractivity contribution in [3.8, 4) is 0 Å². The van der Waals surface area contributed by atoms with E-state index in [-0.39, 0.29) is 0 Å². The van der Waals surface area contributed by atoms with Crippen LogP contribution >= 0.6 is 34.5 Å². The Hall–Kier alpha value is -0.540. The van der Waals surface area contributed by atoms with Crippen molar-refractivity contribution in [3.63, 3.8) is 0 Å². The van der Waals surface area contributed by atoms with Crippen LogP contribution in [0.25, 0.3) is 0 Å². The Morgan fingerprint density at radius 1 is 1.24 bits per heavy atom. The first kappa shape index (κ1) is 15.4. The molecule has 1 aliphatic rings. The second kappa shape index (κ2) is 6.70. The van der Waals surface area contributed by atoms with E-state index in [0.717, 1.165) is 28.6 Å². The summed E-state index contributed by atoms with van der Waals surface area (Å²) in [6.45, 7) is 3.10. The van der Waals surface area contributed by atoms with Crippen molar-refractivity contribution >= 4 is 34.5 Å². The van der Waals surface area contributed by atoms with E-state index in [1.807, 2.05) is 29.5 Å². The van der Waals surface area contributed by atoms with Gasteiger partial charge in [-0.15, -0.1) is 11.3 Å². The predicted octanol–water partition coefficient (Wildman–Crippen LogP) is 5.44. The number of thiophene rings is 1. The van der Waals surface area contributed by atoms with E-state index in [1.165, 1.54) is 24.1 Å². The number of benzene rings is 1. The molecule has 1 nitrogen and oxygen atoms in total. The quantitative estimate of drug-likeness (QED) is 0.764. The fourth-order valence-electron chi connectivity index (χ4n) is 2.96. The molecule has 1 aromatic heterocycles. The summed E-state index contributed by atoms with van der Waals surface area (Å²) in [4.78, 5) is 3.00. The third-order valence-electron chi connectivity index (χ3n) is 3.99. The summed E-state index contributed by atoms with van der Waals surface area (Å²) in [5, 5.41) is 5.14. The second-order valence-corrected chi connectivity index (χ2v) is 7.51. The molecule has 4 heteroatoms. The van der Waals surface area contributed by atoms with Crippen molar-refractivity contribution in [2.75, 3.05) is 6.54 Å². The van der Waals surface area contributed by atoms with Crippen molar-refractivity contribution < 1.29 is 0 Å². The van der Waals surface area contributed by atoms with Crippen LogP contribution in [0.4, 0.5) is 0 Å². The number of nitrogens with one attached hydrogen (secondary N) is 1. The smallest absolute Gasteiger partial charge is 0.0456 e. The molecule has 0 saturated heterocycles. The van der Waals surface area contributed by atoms with Gasteiger partial charge in [0.15, 0.2) is 0 Å². The minimum Gasteiger partial charge on any atom is -0.309 e. The van der Waals surface area contributed by atoms with Gasteiger partial charge in [0.1, 0.15) is 0 Å². The van der Waals surface area contributed by atoms with E-state index in [9.17, 15) is 0 Å². The van der Waals surface area contributed by atoms with E-state index in [2.05, 4.69) is 18.3 Å². The number of rotatable bonds is 5. The Morgan fingerprint density at radius 3 is 2.86 bits per heavy atom.